The van der Waals surface area contributed by atoms with E-state index in [1.165, 1.54) is 6.07 Å². The van der Waals surface area contributed by atoms with Gasteiger partial charge in [0.2, 0.25) is 5.82 Å². The van der Waals surface area contributed by atoms with Gasteiger partial charge in [0.05, 0.1) is 6.61 Å². The summed E-state index contributed by atoms with van der Waals surface area (Å²) in [6, 6.07) is 14.2. The van der Waals surface area contributed by atoms with Gasteiger partial charge in [0.1, 0.15) is 11.4 Å². The van der Waals surface area contributed by atoms with E-state index in [9.17, 15) is 9.18 Å². The molecular weight excluding hydrogens is 497 g/mol. The first-order valence-corrected chi connectivity index (χ1v) is 13.0. The Bertz CT molecular complexity index is 1440. The number of unbranched alkanes of at least 4 members (excludes halogenated alkanes) is 1. The Kier molecular flexibility index (Phi) is 8.86. The average molecular weight is 532 g/mol. The van der Waals surface area contributed by atoms with Crippen molar-refractivity contribution in [2.45, 2.75) is 65.6 Å². The summed E-state index contributed by atoms with van der Waals surface area (Å²) in [5, 5.41) is 4.16. The van der Waals surface area contributed by atoms with Crippen LogP contribution in [0.3, 0.4) is 0 Å². The van der Waals surface area contributed by atoms with E-state index in [1.54, 1.807) is 31.5 Å². The molecule has 8 heteroatoms. The summed E-state index contributed by atoms with van der Waals surface area (Å²) in [6.07, 6.45) is 4.48. The summed E-state index contributed by atoms with van der Waals surface area (Å²) in [4.78, 5) is 21.1. The average Bonchev–Trinajstić information content (AvgIpc) is 3.37. The van der Waals surface area contributed by atoms with Crippen molar-refractivity contribution in [3.05, 3.63) is 77.4 Å². The Labute approximate surface area is 228 Å². The molecule has 4 rings (SSSR count). The molecule has 0 saturated carbocycles. The molecule has 204 valence electrons. The van der Waals surface area contributed by atoms with Crippen LogP contribution in [0.1, 0.15) is 56.9 Å². The second-order valence-corrected chi connectivity index (χ2v) is 10.5. The van der Waals surface area contributed by atoms with Gasteiger partial charge in [0.15, 0.2) is 0 Å². The highest BCUT2D eigenvalue weighted by molar-refractivity contribution is 5.72. The third-order valence-electron chi connectivity index (χ3n) is 6.15. The molecule has 0 atom stereocenters. The van der Waals surface area contributed by atoms with Crippen molar-refractivity contribution in [2.24, 2.45) is 0 Å². The summed E-state index contributed by atoms with van der Waals surface area (Å²) in [6.45, 7) is 7.92. The van der Waals surface area contributed by atoms with Crippen LogP contribution < -0.4 is 0 Å². The Hall–Kier alpha value is -3.91. The highest BCUT2D eigenvalue weighted by Gasteiger charge is 2.17. The predicted octanol–water partition coefficient (Wildman–Crippen LogP) is 7.11. The SMILES string of the molecule is COCc1cc(-c2nc(-c3cnc(CCCCC(=O)OC(C)(C)C)c(C)c3)no2)ccc1-c1ccccc1F. The molecule has 0 amide bonds. The lowest BCUT2D eigenvalue weighted by Gasteiger charge is -2.19. The zero-order valence-corrected chi connectivity index (χ0v) is 23.1. The summed E-state index contributed by atoms with van der Waals surface area (Å²) in [5.74, 6) is 0.318. The van der Waals surface area contributed by atoms with Crippen LogP contribution in [-0.4, -0.2) is 33.8 Å². The normalized spacial score (nSPS) is 11.5. The van der Waals surface area contributed by atoms with E-state index in [0.29, 0.717) is 35.9 Å². The second-order valence-electron chi connectivity index (χ2n) is 10.5. The number of ether oxygens (including phenoxy) is 2. The van der Waals surface area contributed by atoms with Crippen molar-refractivity contribution in [2.75, 3.05) is 7.11 Å². The number of hydrogen-bond donors (Lipinski definition) is 0. The minimum atomic E-state index is -0.461. The molecule has 0 aliphatic rings. The van der Waals surface area contributed by atoms with Crippen LogP contribution in [0.4, 0.5) is 4.39 Å². The maximum absolute atomic E-state index is 14.4. The molecule has 0 unspecified atom stereocenters. The van der Waals surface area contributed by atoms with Crippen LogP contribution in [0, 0.1) is 12.7 Å². The molecule has 0 N–H and O–H groups in total. The molecule has 0 aliphatic heterocycles. The van der Waals surface area contributed by atoms with Crippen LogP contribution in [-0.2, 0) is 27.3 Å². The highest BCUT2D eigenvalue weighted by atomic mass is 19.1. The largest absolute Gasteiger partial charge is 0.460 e. The number of aromatic nitrogens is 3. The summed E-state index contributed by atoms with van der Waals surface area (Å²) >= 11 is 0. The molecular formula is C31H34FN3O4. The number of carbonyl (C=O) groups excluding carboxylic acids is 1. The van der Waals surface area contributed by atoms with Gasteiger partial charge < -0.3 is 14.0 Å². The van der Waals surface area contributed by atoms with Gasteiger partial charge in [-0.3, -0.25) is 9.78 Å². The van der Waals surface area contributed by atoms with Gasteiger partial charge in [0.25, 0.3) is 5.89 Å². The minimum absolute atomic E-state index is 0.174. The Morgan fingerprint density at radius 1 is 1.03 bits per heavy atom. The first-order chi connectivity index (χ1) is 18.6. The lowest BCUT2D eigenvalue weighted by Crippen LogP contribution is -2.23. The maximum atomic E-state index is 14.4. The van der Waals surface area contributed by atoms with Crippen LogP contribution in [0.15, 0.2) is 59.3 Å². The van der Waals surface area contributed by atoms with E-state index in [-0.39, 0.29) is 11.8 Å². The number of carbonyl (C=O) groups is 1. The minimum Gasteiger partial charge on any atom is -0.460 e. The molecule has 39 heavy (non-hydrogen) atoms. The summed E-state index contributed by atoms with van der Waals surface area (Å²) in [7, 11) is 1.60. The van der Waals surface area contributed by atoms with E-state index in [0.717, 1.165) is 47.2 Å². The zero-order valence-electron chi connectivity index (χ0n) is 23.1. The van der Waals surface area contributed by atoms with Crippen LogP contribution in [0.5, 0.6) is 0 Å². The summed E-state index contributed by atoms with van der Waals surface area (Å²) in [5.41, 5.74) is 5.07. The van der Waals surface area contributed by atoms with Crippen LogP contribution >= 0.6 is 0 Å². The molecule has 0 spiro atoms. The molecule has 4 aromatic rings. The van der Waals surface area contributed by atoms with Gasteiger partial charge in [-0.25, -0.2) is 4.39 Å². The van der Waals surface area contributed by atoms with Gasteiger partial charge in [0, 0.05) is 42.1 Å². The van der Waals surface area contributed by atoms with Crippen molar-refractivity contribution >= 4 is 5.97 Å². The van der Waals surface area contributed by atoms with Gasteiger partial charge in [-0.05, 0) is 87.9 Å². The molecule has 0 radical (unpaired) electrons. The predicted molar refractivity (Wildman–Crippen MR) is 147 cm³/mol. The quantitative estimate of drug-likeness (QED) is 0.159. The Morgan fingerprint density at radius 3 is 2.54 bits per heavy atom. The van der Waals surface area contributed by atoms with Crippen LogP contribution in [0.25, 0.3) is 34.0 Å². The van der Waals surface area contributed by atoms with Crippen molar-refractivity contribution in [1.29, 1.82) is 0 Å². The Morgan fingerprint density at radius 2 is 1.82 bits per heavy atom. The van der Waals surface area contributed by atoms with E-state index < -0.39 is 5.60 Å². The number of rotatable bonds is 10. The van der Waals surface area contributed by atoms with Crippen molar-refractivity contribution in [3.63, 3.8) is 0 Å². The number of benzene rings is 2. The number of halogens is 1. The molecule has 7 nitrogen and oxygen atoms in total. The number of aryl methyl sites for hydroxylation is 2. The zero-order chi connectivity index (χ0) is 28.0. The first kappa shape index (κ1) is 28.1. The molecule has 0 fully saturated rings. The lowest BCUT2D eigenvalue weighted by atomic mass is 9.97. The van der Waals surface area contributed by atoms with Gasteiger partial charge in [-0.2, -0.15) is 4.98 Å². The Balaban J connectivity index is 1.45. The number of esters is 1. The van der Waals surface area contributed by atoms with Gasteiger partial charge >= 0.3 is 5.97 Å². The highest BCUT2D eigenvalue weighted by Crippen LogP contribution is 2.31. The second kappa shape index (κ2) is 12.3. The standard InChI is InChI=1S/C31H34FN3O4/c1-20-16-22(18-33-27(20)12-8-9-13-28(36)38-31(2,3)4)29-34-30(39-35-29)21-14-15-24(23(17-21)19-37-5)25-10-6-7-11-26(25)32/h6-7,10-11,14-18H,8-9,12-13,19H2,1-5H3. The smallest absolute Gasteiger partial charge is 0.306 e. The molecule has 0 bridgehead atoms. The van der Waals surface area contributed by atoms with Crippen molar-refractivity contribution in [1.82, 2.24) is 15.1 Å². The number of nitrogens with zero attached hydrogens (tertiary/aromatic N) is 3. The molecule has 0 saturated heterocycles. The van der Waals surface area contributed by atoms with Crippen molar-refractivity contribution < 1.29 is 23.2 Å². The van der Waals surface area contributed by atoms with E-state index >= 15 is 0 Å². The molecule has 0 aliphatic carbocycles. The van der Waals surface area contributed by atoms with E-state index in [1.807, 2.05) is 52.0 Å². The monoisotopic (exact) mass is 531 g/mol. The molecule has 2 aromatic heterocycles. The fourth-order valence-electron chi connectivity index (χ4n) is 4.34. The lowest BCUT2D eigenvalue weighted by molar-refractivity contribution is -0.154. The van der Waals surface area contributed by atoms with E-state index in [2.05, 4.69) is 15.1 Å². The van der Waals surface area contributed by atoms with Gasteiger partial charge in [-0.15, -0.1) is 0 Å². The third kappa shape index (κ3) is 7.35. The number of methoxy groups -OCH3 is 1. The first-order valence-electron chi connectivity index (χ1n) is 13.0. The summed E-state index contributed by atoms with van der Waals surface area (Å²) < 4.78 is 30.7. The number of hydrogen-bond acceptors (Lipinski definition) is 7. The molecule has 2 heterocycles. The maximum Gasteiger partial charge on any atom is 0.306 e. The van der Waals surface area contributed by atoms with Crippen LogP contribution in [0.2, 0.25) is 0 Å². The van der Waals surface area contributed by atoms with Gasteiger partial charge in [-0.1, -0.05) is 29.4 Å². The van der Waals surface area contributed by atoms with E-state index in [4.69, 9.17) is 14.0 Å². The number of pyridine rings is 1. The topological polar surface area (TPSA) is 87.3 Å². The fraction of sp³-hybridized carbons (Fsp3) is 0.355. The fourth-order valence-corrected chi connectivity index (χ4v) is 4.34. The molecule has 2 aromatic carbocycles. The third-order valence-corrected chi connectivity index (χ3v) is 6.15. The van der Waals surface area contributed by atoms with Crippen molar-refractivity contribution in [3.8, 4) is 34.0 Å².